The van der Waals surface area contributed by atoms with Gasteiger partial charge in [0.05, 0.1) is 12.7 Å². The van der Waals surface area contributed by atoms with E-state index in [9.17, 15) is 4.79 Å². The molecule has 1 aromatic heterocycles. The molecular weight excluding hydrogens is 254 g/mol. The van der Waals surface area contributed by atoms with E-state index in [-0.39, 0.29) is 6.04 Å². The number of ether oxygens (including phenoxy) is 1. The first-order valence-electron chi connectivity index (χ1n) is 6.26. The van der Waals surface area contributed by atoms with Gasteiger partial charge in [0.1, 0.15) is 0 Å². The summed E-state index contributed by atoms with van der Waals surface area (Å²) in [6.07, 6.45) is 3.49. The first kappa shape index (κ1) is 13.9. The molecular formula is C15H17N3O2. The molecule has 1 atom stereocenters. The first-order valence-corrected chi connectivity index (χ1v) is 6.26. The van der Waals surface area contributed by atoms with Crippen LogP contribution in [-0.2, 0) is 4.74 Å². The molecule has 0 bridgehead atoms. The predicted octanol–water partition coefficient (Wildman–Crippen LogP) is 2.62. The fourth-order valence-electron chi connectivity index (χ4n) is 1.92. The Hall–Kier alpha value is -2.56. The average Bonchev–Trinajstić information content (AvgIpc) is 2.49. The summed E-state index contributed by atoms with van der Waals surface area (Å²) in [5.41, 5.74) is 8.45. The van der Waals surface area contributed by atoms with Crippen molar-refractivity contribution in [3.8, 4) is 0 Å². The van der Waals surface area contributed by atoms with E-state index in [1.54, 1.807) is 24.5 Å². The third kappa shape index (κ3) is 3.06. The zero-order valence-corrected chi connectivity index (χ0v) is 11.5. The minimum atomic E-state index is -0.442. The van der Waals surface area contributed by atoms with Crippen LogP contribution in [0.15, 0.2) is 42.7 Å². The number of anilines is 2. The Morgan fingerprint density at radius 3 is 2.65 bits per heavy atom. The van der Waals surface area contributed by atoms with Crippen LogP contribution in [0.5, 0.6) is 0 Å². The number of nitrogens with zero attached hydrogens (tertiary/aromatic N) is 1. The third-order valence-electron chi connectivity index (χ3n) is 3.05. The van der Waals surface area contributed by atoms with Crippen LogP contribution in [0.1, 0.15) is 28.9 Å². The van der Waals surface area contributed by atoms with Crippen LogP contribution in [0.2, 0.25) is 0 Å². The van der Waals surface area contributed by atoms with Crippen molar-refractivity contribution < 1.29 is 9.53 Å². The number of benzene rings is 1. The van der Waals surface area contributed by atoms with Crippen molar-refractivity contribution in [2.75, 3.05) is 18.2 Å². The van der Waals surface area contributed by atoms with Crippen LogP contribution in [0.4, 0.5) is 11.4 Å². The number of rotatable bonds is 4. The number of nitrogens with two attached hydrogens (primary N) is 1. The molecule has 0 radical (unpaired) electrons. The summed E-state index contributed by atoms with van der Waals surface area (Å²) in [6.45, 7) is 2.03. The van der Waals surface area contributed by atoms with E-state index < -0.39 is 5.97 Å². The lowest BCUT2D eigenvalue weighted by Gasteiger charge is -2.16. The Kier molecular flexibility index (Phi) is 4.20. The van der Waals surface area contributed by atoms with Gasteiger partial charge in [-0.3, -0.25) is 4.98 Å². The molecule has 0 saturated heterocycles. The zero-order valence-electron chi connectivity index (χ0n) is 11.5. The molecule has 0 amide bonds. The SMILES string of the molecule is COC(=O)c1cc(NC(C)c2ccncc2)ccc1N. The van der Waals surface area contributed by atoms with Gasteiger partial charge >= 0.3 is 5.97 Å². The summed E-state index contributed by atoms with van der Waals surface area (Å²) in [5.74, 6) is -0.442. The number of pyridine rings is 1. The molecule has 0 aliphatic carbocycles. The van der Waals surface area contributed by atoms with Crippen molar-refractivity contribution in [2.24, 2.45) is 0 Å². The lowest BCUT2D eigenvalue weighted by Crippen LogP contribution is -2.10. The van der Waals surface area contributed by atoms with Gasteiger partial charge in [0.2, 0.25) is 0 Å². The van der Waals surface area contributed by atoms with Crippen molar-refractivity contribution in [3.05, 3.63) is 53.9 Å². The molecule has 0 aliphatic rings. The smallest absolute Gasteiger partial charge is 0.340 e. The quantitative estimate of drug-likeness (QED) is 0.660. The number of methoxy groups -OCH3 is 1. The van der Waals surface area contributed by atoms with Crippen molar-refractivity contribution in [1.29, 1.82) is 0 Å². The van der Waals surface area contributed by atoms with E-state index in [2.05, 4.69) is 10.3 Å². The van der Waals surface area contributed by atoms with Crippen LogP contribution < -0.4 is 11.1 Å². The summed E-state index contributed by atoms with van der Waals surface area (Å²) in [7, 11) is 1.33. The highest BCUT2D eigenvalue weighted by atomic mass is 16.5. The van der Waals surface area contributed by atoms with Gasteiger partial charge in [-0.05, 0) is 42.8 Å². The number of esters is 1. The van der Waals surface area contributed by atoms with Gasteiger partial charge in [0.15, 0.2) is 0 Å². The Balaban J connectivity index is 2.20. The van der Waals surface area contributed by atoms with Gasteiger partial charge in [-0.2, -0.15) is 0 Å². The van der Waals surface area contributed by atoms with E-state index in [0.29, 0.717) is 11.3 Å². The summed E-state index contributed by atoms with van der Waals surface area (Å²) >= 11 is 0. The van der Waals surface area contributed by atoms with E-state index in [1.165, 1.54) is 7.11 Å². The molecule has 0 aliphatic heterocycles. The van der Waals surface area contributed by atoms with Gasteiger partial charge in [0.25, 0.3) is 0 Å². The highest BCUT2D eigenvalue weighted by Crippen LogP contribution is 2.23. The second-order valence-corrected chi connectivity index (χ2v) is 4.44. The fraction of sp³-hybridized carbons (Fsp3) is 0.200. The summed E-state index contributed by atoms with van der Waals surface area (Å²) in [6, 6.07) is 9.19. The highest BCUT2D eigenvalue weighted by molar-refractivity contribution is 5.96. The molecule has 1 unspecified atom stereocenters. The monoisotopic (exact) mass is 271 g/mol. The van der Waals surface area contributed by atoms with Gasteiger partial charge in [-0.25, -0.2) is 4.79 Å². The number of carbonyl (C=O) groups excluding carboxylic acids is 1. The van der Waals surface area contributed by atoms with Crippen LogP contribution in [0.3, 0.4) is 0 Å². The largest absolute Gasteiger partial charge is 0.465 e. The summed E-state index contributed by atoms with van der Waals surface area (Å²) in [5, 5.41) is 3.31. The molecule has 1 heterocycles. The van der Waals surface area contributed by atoms with E-state index in [0.717, 1.165) is 11.3 Å². The molecule has 0 saturated carbocycles. The van der Waals surface area contributed by atoms with Crippen LogP contribution >= 0.6 is 0 Å². The van der Waals surface area contributed by atoms with Crippen molar-refractivity contribution >= 4 is 17.3 Å². The van der Waals surface area contributed by atoms with Crippen molar-refractivity contribution in [1.82, 2.24) is 4.98 Å². The number of carbonyl (C=O) groups is 1. The second-order valence-electron chi connectivity index (χ2n) is 4.44. The molecule has 0 spiro atoms. The maximum Gasteiger partial charge on any atom is 0.340 e. The zero-order chi connectivity index (χ0) is 14.5. The minimum absolute atomic E-state index is 0.0899. The topological polar surface area (TPSA) is 77.2 Å². The third-order valence-corrected chi connectivity index (χ3v) is 3.05. The minimum Gasteiger partial charge on any atom is -0.465 e. The highest BCUT2D eigenvalue weighted by Gasteiger charge is 2.12. The van der Waals surface area contributed by atoms with Crippen LogP contribution in [0, 0.1) is 0 Å². The van der Waals surface area contributed by atoms with Crippen molar-refractivity contribution in [3.63, 3.8) is 0 Å². The van der Waals surface area contributed by atoms with Gasteiger partial charge in [-0.1, -0.05) is 0 Å². The number of hydrogen-bond acceptors (Lipinski definition) is 5. The predicted molar refractivity (Wildman–Crippen MR) is 78.5 cm³/mol. The number of nitrogen functional groups attached to an aromatic ring is 1. The molecule has 2 aromatic rings. The average molecular weight is 271 g/mol. The molecule has 20 heavy (non-hydrogen) atoms. The second kappa shape index (κ2) is 6.06. The molecule has 2 rings (SSSR count). The number of aromatic nitrogens is 1. The maximum atomic E-state index is 11.6. The Morgan fingerprint density at radius 1 is 1.30 bits per heavy atom. The lowest BCUT2D eigenvalue weighted by atomic mass is 10.1. The van der Waals surface area contributed by atoms with E-state index >= 15 is 0 Å². The van der Waals surface area contributed by atoms with Gasteiger partial charge < -0.3 is 15.8 Å². The first-order chi connectivity index (χ1) is 9.61. The molecule has 5 nitrogen and oxygen atoms in total. The Bertz CT molecular complexity index is 599. The number of nitrogens with one attached hydrogen (secondary N) is 1. The fourth-order valence-corrected chi connectivity index (χ4v) is 1.92. The van der Waals surface area contributed by atoms with Gasteiger partial charge in [0, 0.05) is 29.8 Å². The maximum absolute atomic E-state index is 11.6. The lowest BCUT2D eigenvalue weighted by molar-refractivity contribution is 0.0602. The molecule has 1 aromatic carbocycles. The van der Waals surface area contributed by atoms with Gasteiger partial charge in [-0.15, -0.1) is 0 Å². The molecule has 0 fully saturated rings. The molecule has 3 N–H and O–H groups in total. The van der Waals surface area contributed by atoms with Crippen molar-refractivity contribution in [2.45, 2.75) is 13.0 Å². The van der Waals surface area contributed by atoms with Crippen LogP contribution in [-0.4, -0.2) is 18.1 Å². The summed E-state index contributed by atoms with van der Waals surface area (Å²) in [4.78, 5) is 15.6. The normalized spacial score (nSPS) is 11.7. The number of hydrogen-bond donors (Lipinski definition) is 2. The molecule has 104 valence electrons. The molecule has 5 heteroatoms. The Labute approximate surface area is 117 Å². The van der Waals surface area contributed by atoms with E-state index in [4.69, 9.17) is 10.5 Å². The van der Waals surface area contributed by atoms with E-state index in [1.807, 2.05) is 25.1 Å². The Morgan fingerprint density at radius 2 is 2.00 bits per heavy atom. The van der Waals surface area contributed by atoms with Crippen LogP contribution in [0.25, 0.3) is 0 Å². The summed E-state index contributed by atoms with van der Waals surface area (Å²) < 4.78 is 4.71. The standard InChI is InChI=1S/C15H17N3O2/c1-10(11-5-7-17-8-6-11)18-12-3-4-14(16)13(9-12)15(19)20-2/h3-10,18H,16H2,1-2H3.